The Labute approximate surface area is 203 Å². The van der Waals surface area contributed by atoms with Gasteiger partial charge in [-0.3, -0.25) is 4.79 Å². The van der Waals surface area contributed by atoms with Crippen molar-refractivity contribution in [3.05, 3.63) is 42.1 Å². The molecule has 11 heteroatoms. The Morgan fingerprint density at radius 1 is 1.37 bits per heavy atom. The third-order valence-corrected chi connectivity index (χ3v) is 7.17. The van der Waals surface area contributed by atoms with Crippen molar-refractivity contribution in [2.24, 2.45) is 11.8 Å². The Balaban J connectivity index is 1.25. The Morgan fingerprint density at radius 2 is 2.20 bits per heavy atom. The number of hydrogen-bond acceptors (Lipinski definition) is 9. The minimum Gasteiger partial charge on any atom is -0.393 e. The highest BCUT2D eigenvalue weighted by atomic mass is 16.5. The number of amides is 1. The predicted molar refractivity (Wildman–Crippen MR) is 132 cm³/mol. The first-order valence-electron chi connectivity index (χ1n) is 12.0. The molecular formula is C24H31N9O2. The average molecular weight is 478 g/mol. The van der Waals surface area contributed by atoms with E-state index < -0.39 is 0 Å². The molecule has 1 amide bonds. The third-order valence-electron chi connectivity index (χ3n) is 7.17. The van der Waals surface area contributed by atoms with Crippen LogP contribution in [0.15, 0.2) is 29.2 Å². The maximum absolute atomic E-state index is 12.6. The van der Waals surface area contributed by atoms with Crippen LogP contribution in [0.5, 0.6) is 0 Å². The second-order valence-electron chi connectivity index (χ2n) is 9.81. The molecule has 1 saturated heterocycles. The number of fused-ring (bicyclic) bond motifs is 1. The molecule has 2 atom stereocenters. The fourth-order valence-corrected chi connectivity index (χ4v) is 4.58. The van der Waals surface area contributed by atoms with Gasteiger partial charge in [0.2, 0.25) is 5.89 Å². The van der Waals surface area contributed by atoms with Crippen LogP contribution in [-0.2, 0) is 5.41 Å². The number of carbonyl (C=O) groups excluding carboxylic acids is 1. The summed E-state index contributed by atoms with van der Waals surface area (Å²) in [5.41, 5.74) is 2.24. The molecule has 0 unspecified atom stereocenters. The van der Waals surface area contributed by atoms with Crippen LogP contribution < -0.4 is 15.5 Å². The van der Waals surface area contributed by atoms with Crippen LogP contribution in [0.25, 0.3) is 11.1 Å². The number of hydrogen-bond donors (Lipinski definition) is 3. The van der Waals surface area contributed by atoms with Gasteiger partial charge in [-0.1, -0.05) is 19.0 Å². The van der Waals surface area contributed by atoms with Gasteiger partial charge < -0.3 is 25.5 Å². The average Bonchev–Trinajstić information content (AvgIpc) is 3.26. The van der Waals surface area contributed by atoms with Gasteiger partial charge in [0.1, 0.15) is 5.52 Å². The van der Waals surface area contributed by atoms with Crippen molar-refractivity contribution in [2.75, 3.05) is 31.6 Å². The maximum Gasteiger partial charge on any atom is 0.292 e. The van der Waals surface area contributed by atoms with Gasteiger partial charge in [-0.15, -0.1) is 0 Å². The standard InChI is InChI=1S/C24H31N9O2/c1-15-13-32(21-19-4-8-28-33(19)14-18(29-21)17(10-25)11-26-3)9-5-16(15)12-27-22(34)20-30-23(35-31-20)24(2)6-7-24/h4,8,10-11,14-16,25-26H,5-7,9,12-13H2,1-3H3,(H,27,34)/b17-11+,25-10?/t15-,16-/m0/s1. The smallest absolute Gasteiger partial charge is 0.292 e. The summed E-state index contributed by atoms with van der Waals surface area (Å²) in [4.78, 5) is 24.1. The summed E-state index contributed by atoms with van der Waals surface area (Å²) in [6.07, 6.45) is 9.58. The van der Waals surface area contributed by atoms with Crippen molar-refractivity contribution in [3.8, 4) is 0 Å². The van der Waals surface area contributed by atoms with Crippen LogP contribution in [-0.4, -0.2) is 63.5 Å². The van der Waals surface area contributed by atoms with E-state index in [4.69, 9.17) is 14.9 Å². The maximum atomic E-state index is 12.6. The molecule has 0 aromatic carbocycles. The van der Waals surface area contributed by atoms with E-state index in [1.165, 1.54) is 6.21 Å². The van der Waals surface area contributed by atoms with E-state index in [9.17, 15) is 4.79 Å². The molecule has 1 aliphatic carbocycles. The number of anilines is 1. The largest absolute Gasteiger partial charge is 0.393 e. The number of nitrogens with one attached hydrogen (secondary N) is 3. The van der Waals surface area contributed by atoms with Crippen LogP contribution in [0.1, 0.15) is 55.3 Å². The van der Waals surface area contributed by atoms with Gasteiger partial charge in [0.05, 0.1) is 18.1 Å². The van der Waals surface area contributed by atoms with Crippen molar-refractivity contribution >= 4 is 29.0 Å². The van der Waals surface area contributed by atoms with Gasteiger partial charge in [-0.2, -0.15) is 10.1 Å². The zero-order valence-corrected chi connectivity index (χ0v) is 20.3. The zero-order chi connectivity index (χ0) is 24.6. The van der Waals surface area contributed by atoms with Gasteiger partial charge in [0, 0.05) is 50.1 Å². The number of piperidine rings is 1. The molecule has 2 fully saturated rings. The molecule has 3 aromatic heterocycles. The van der Waals surface area contributed by atoms with Gasteiger partial charge in [0.25, 0.3) is 11.7 Å². The molecule has 3 N–H and O–H groups in total. The lowest BCUT2D eigenvalue weighted by molar-refractivity contribution is 0.0926. The normalized spacial score (nSPS) is 21.7. The first kappa shape index (κ1) is 23.0. The van der Waals surface area contributed by atoms with E-state index in [0.717, 1.165) is 43.7 Å². The summed E-state index contributed by atoms with van der Waals surface area (Å²) >= 11 is 0. The fourth-order valence-electron chi connectivity index (χ4n) is 4.58. The molecule has 1 aliphatic heterocycles. The van der Waals surface area contributed by atoms with E-state index in [1.54, 1.807) is 19.4 Å². The Bertz CT molecular complexity index is 1270. The molecule has 4 heterocycles. The van der Waals surface area contributed by atoms with E-state index in [-0.39, 0.29) is 17.1 Å². The minimum atomic E-state index is -0.287. The van der Waals surface area contributed by atoms with E-state index in [0.29, 0.717) is 35.5 Å². The summed E-state index contributed by atoms with van der Waals surface area (Å²) in [7, 11) is 1.80. The molecule has 0 radical (unpaired) electrons. The summed E-state index contributed by atoms with van der Waals surface area (Å²) in [5, 5.41) is 22.0. The van der Waals surface area contributed by atoms with Crippen molar-refractivity contribution in [1.29, 1.82) is 5.41 Å². The molecular weight excluding hydrogens is 446 g/mol. The minimum absolute atomic E-state index is 0.0541. The molecule has 35 heavy (non-hydrogen) atoms. The first-order valence-corrected chi connectivity index (χ1v) is 12.0. The molecule has 2 aliphatic rings. The molecule has 11 nitrogen and oxygen atoms in total. The van der Waals surface area contributed by atoms with Crippen molar-refractivity contribution in [1.82, 2.24) is 35.4 Å². The van der Waals surface area contributed by atoms with E-state index >= 15 is 0 Å². The van der Waals surface area contributed by atoms with Crippen LogP contribution in [0.4, 0.5) is 5.82 Å². The first-order chi connectivity index (χ1) is 16.9. The fraction of sp³-hybridized carbons (Fsp3) is 0.500. The van der Waals surface area contributed by atoms with Crippen LogP contribution in [0.3, 0.4) is 0 Å². The van der Waals surface area contributed by atoms with Crippen LogP contribution in [0, 0.1) is 17.2 Å². The van der Waals surface area contributed by atoms with E-state index in [1.807, 2.05) is 16.8 Å². The van der Waals surface area contributed by atoms with Crippen LogP contribution in [0.2, 0.25) is 0 Å². The monoisotopic (exact) mass is 477 g/mol. The lowest BCUT2D eigenvalue weighted by Crippen LogP contribution is -2.44. The highest BCUT2D eigenvalue weighted by Crippen LogP contribution is 2.46. The molecule has 1 saturated carbocycles. The van der Waals surface area contributed by atoms with Gasteiger partial charge >= 0.3 is 0 Å². The summed E-state index contributed by atoms with van der Waals surface area (Å²) in [6, 6.07) is 1.95. The van der Waals surface area contributed by atoms with Crippen molar-refractivity contribution < 1.29 is 9.32 Å². The second-order valence-corrected chi connectivity index (χ2v) is 9.81. The SMILES string of the molecule is CN/C=C(\C=N)c1cn2nccc2c(N2CC[C@@H](CNC(=O)c3noc(C4(C)CC4)n3)[C@@H](C)C2)n1. The number of carbonyl (C=O) groups is 1. The highest BCUT2D eigenvalue weighted by Gasteiger charge is 2.45. The lowest BCUT2D eigenvalue weighted by atomic mass is 9.86. The summed E-state index contributed by atoms with van der Waals surface area (Å²) < 4.78 is 7.11. The third kappa shape index (κ3) is 4.50. The predicted octanol–water partition coefficient (Wildman–Crippen LogP) is 2.27. The van der Waals surface area contributed by atoms with Gasteiger partial charge in [-0.25, -0.2) is 9.50 Å². The Morgan fingerprint density at radius 3 is 2.91 bits per heavy atom. The molecule has 0 spiro atoms. The molecule has 5 rings (SSSR count). The van der Waals surface area contributed by atoms with E-state index in [2.05, 4.69) is 44.6 Å². The Kier molecular flexibility index (Phi) is 6.00. The summed E-state index contributed by atoms with van der Waals surface area (Å²) in [6.45, 7) is 6.45. The van der Waals surface area contributed by atoms with Crippen molar-refractivity contribution in [3.63, 3.8) is 0 Å². The topological polar surface area (TPSA) is 137 Å². The number of nitrogens with zero attached hydrogens (tertiary/aromatic N) is 6. The zero-order valence-electron chi connectivity index (χ0n) is 20.3. The van der Waals surface area contributed by atoms with Gasteiger partial charge in [0.15, 0.2) is 5.82 Å². The molecule has 184 valence electrons. The second kappa shape index (κ2) is 9.12. The Hall–Kier alpha value is -3.76. The number of rotatable bonds is 8. The quantitative estimate of drug-likeness (QED) is 0.420. The summed E-state index contributed by atoms with van der Waals surface area (Å²) in [5.74, 6) is 1.89. The van der Waals surface area contributed by atoms with Crippen molar-refractivity contribution in [2.45, 2.75) is 38.5 Å². The molecule has 0 bridgehead atoms. The van der Waals surface area contributed by atoms with Crippen LogP contribution >= 0.6 is 0 Å². The number of allylic oxidation sites excluding steroid dienone is 1. The van der Waals surface area contributed by atoms with Gasteiger partial charge in [-0.05, 0) is 37.2 Å². The highest BCUT2D eigenvalue weighted by molar-refractivity contribution is 6.07. The molecule has 3 aromatic rings. The lowest BCUT2D eigenvalue weighted by Gasteiger charge is -2.38. The number of aromatic nitrogens is 5.